The summed E-state index contributed by atoms with van der Waals surface area (Å²) in [4.78, 5) is 26.1. The molecule has 3 aromatic heterocycles. The van der Waals surface area contributed by atoms with Crippen LogP contribution in [0.4, 0.5) is 0 Å². The first-order valence-corrected chi connectivity index (χ1v) is 9.04. The molecule has 3 heterocycles. The summed E-state index contributed by atoms with van der Waals surface area (Å²) >= 11 is 0. The smallest absolute Gasteiger partial charge is 0.319 e. The van der Waals surface area contributed by atoms with Crippen molar-refractivity contribution in [2.24, 2.45) is 7.05 Å². The zero-order valence-corrected chi connectivity index (χ0v) is 16.6. The molecule has 0 fully saturated rings. The van der Waals surface area contributed by atoms with Gasteiger partial charge in [-0.05, 0) is 30.7 Å². The minimum Gasteiger partial charge on any atom is -0.480 e. The Morgan fingerprint density at radius 3 is 2.55 bits per heavy atom. The number of aryl methyl sites for hydroxylation is 1. The number of pyridine rings is 2. The summed E-state index contributed by atoms with van der Waals surface area (Å²) in [6.45, 7) is 1.90. The number of aromatic nitrogens is 4. The van der Waals surface area contributed by atoms with Gasteiger partial charge < -0.3 is 14.0 Å². The molecule has 29 heavy (non-hydrogen) atoms. The second kappa shape index (κ2) is 7.35. The van der Waals surface area contributed by atoms with E-state index in [0.717, 1.165) is 22.3 Å². The molecule has 0 saturated carbocycles. The molecule has 0 saturated heterocycles. The topological polar surface area (TPSA) is 79.1 Å². The third kappa shape index (κ3) is 3.10. The van der Waals surface area contributed by atoms with Crippen LogP contribution in [0.2, 0.25) is 0 Å². The summed E-state index contributed by atoms with van der Waals surface area (Å²) < 4.78 is 12.5. The van der Waals surface area contributed by atoms with Crippen molar-refractivity contribution in [3.63, 3.8) is 0 Å². The normalized spacial score (nSPS) is 10.9. The first-order valence-electron chi connectivity index (χ1n) is 9.04. The van der Waals surface area contributed by atoms with Gasteiger partial charge in [0.25, 0.3) is 0 Å². The van der Waals surface area contributed by atoms with Crippen LogP contribution in [0.1, 0.15) is 5.69 Å². The van der Waals surface area contributed by atoms with Crippen molar-refractivity contribution in [2.45, 2.75) is 6.92 Å². The second-order valence-electron chi connectivity index (χ2n) is 6.60. The molecule has 0 bridgehead atoms. The fraction of sp³-hybridized carbons (Fsp3) is 0.182. The average Bonchev–Trinajstić information content (AvgIpc) is 2.78. The van der Waals surface area contributed by atoms with Crippen LogP contribution in [0.25, 0.3) is 33.2 Å². The average molecular weight is 388 g/mol. The van der Waals surface area contributed by atoms with Crippen LogP contribution in [0, 0.1) is 6.92 Å². The number of rotatable bonds is 4. The molecule has 7 nitrogen and oxygen atoms in total. The Bertz CT molecular complexity index is 1270. The van der Waals surface area contributed by atoms with E-state index in [1.54, 1.807) is 18.6 Å². The number of fused-ring (bicyclic) bond motifs is 1. The van der Waals surface area contributed by atoms with Crippen molar-refractivity contribution in [3.05, 3.63) is 64.8 Å². The summed E-state index contributed by atoms with van der Waals surface area (Å²) in [5, 5.41) is 0.604. The van der Waals surface area contributed by atoms with Gasteiger partial charge >= 0.3 is 6.01 Å². The van der Waals surface area contributed by atoms with Crippen LogP contribution >= 0.6 is 0 Å². The van der Waals surface area contributed by atoms with E-state index in [-0.39, 0.29) is 11.4 Å². The number of hydrogen-bond acceptors (Lipinski definition) is 6. The fourth-order valence-electron chi connectivity index (χ4n) is 3.46. The Morgan fingerprint density at radius 2 is 1.86 bits per heavy atom. The molecule has 0 aliphatic heterocycles. The molecule has 0 aliphatic carbocycles. The minimum atomic E-state index is -0.103. The lowest BCUT2D eigenvalue weighted by Gasteiger charge is -2.16. The Kier molecular flexibility index (Phi) is 4.72. The number of benzene rings is 1. The maximum atomic E-state index is 13.5. The summed E-state index contributed by atoms with van der Waals surface area (Å²) in [5.74, 6) is 0.291. The Hall–Kier alpha value is -3.74. The summed E-state index contributed by atoms with van der Waals surface area (Å²) in [7, 11) is 4.92. The lowest BCUT2D eigenvalue weighted by Crippen LogP contribution is -2.15. The van der Waals surface area contributed by atoms with E-state index in [9.17, 15) is 4.79 Å². The molecule has 4 aromatic rings. The van der Waals surface area contributed by atoms with Gasteiger partial charge in [0.2, 0.25) is 5.88 Å². The lowest BCUT2D eigenvalue weighted by atomic mass is 9.99. The number of nitrogens with zero attached hydrogens (tertiary/aromatic N) is 4. The number of hydrogen-bond donors (Lipinski definition) is 0. The molecule has 0 N–H and O–H groups in total. The van der Waals surface area contributed by atoms with Crippen LogP contribution in [0.3, 0.4) is 0 Å². The van der Waals surface area contributed by atoms with E-state index >= 15 is 0 Å². The standard InChI is InChI=1S/C22H20N4O3/c1-13-19(17-12-24-22(29-4)25-21(17)28-3)20(27)16-10-14(7-8-18(16)26(13)2)15-6-5-9-23-11-15/h5-12H,1-4H3. The quantitative estimate of drug-likeness (QED) is 0.533. The van der Waals surface area contributed by atoms with Crippen molar-refractivity contribution in [3.8, 4) is 34.1 Å². The predicted molar refractivity (Wildman–Crippen MR) is 111 cm³/mol. The van der Waals surface area contributed by atoms with Crippen molar-refractivity contribution in [1.82, 2.24) is 19.5 Å². The van der Waals surface area contributed by atoms with Crippen molar-refractivity contribution in [1.29, 1.82) is 0 Å². The maximum absolute atomic E-state index is 13.5. The van der Waals surface area contributed by atoms with Crippen LogP contribution in [-0.4, -0.2) is 33.7 Å². The number of methoxy groups -OCH3 is 2. The van der Waals surface area contributed by atoms with Gasteiger partial charge in [0.1, 0.15) is 0 Å². The fourth-order valence-corrected chi connectivity index (χ4v) is 3.46. The highest BCUT2D eigenvalue weighted by Crippen LogP contribution is 2.31. The molecule has 0 amide bonds. The molecule has 7 heteroatoms. The lowest BCUT2D eigenvalue weighted by molar-refractivity contribution is 0.353. The number of ether oxygens (including phenoxy) is 2. The van der Waals surface area contributed by atoms with Gasteiger partial charge in [-0.2, -0.15) is 4.98 Å². The Balaban J connectivity index is 2.02. The Labute approximate surface area is 167 Å². The van der Waals surface area contributed by atoms with E-state index in [1.807, 2.05) is 48.9 Å². The molecule has 0 unspecified atom stereocenters. The van der Waals surface area contributed by atoms with Gasteiger partial charge in [-0.1, -0.05) is 12.1 Å². The minimum absolute atomic E-state index is 0.103. The van der Waals surface area contributed by atoms with Crippen LogP contribution in [-0.2, 0) is 7.05 Å². The Morgan fingerprint density at radius 1 is 1.03 bits per heavy atom. The van der Waals surface area contributed by atoms with Crippen LogP contribution < -0.4 is 14.9 Å². The van der Waals surface area contributed by atoms with E-state index < -0.39 is 0 Å². The highest BCUT2D eigenvalue weighted by molar-refractivity contribution is 5.89. The largest absolute Gasteiger partial charge is 0.480 e. The summed E-state index contributed by atoms with van der Waals surface area (Å²) in [6.07, 6.45) is 5.06. The molecule has 0 radical (unpaired) electrons. The van der Waals surface area contributed by atoms with Gasteiger partial charge in [-0.25, -0.2) is 4.98 Å². The third-order valence-corrected chi connectivity index (χ3v) is 5.07. The maximum Gasteiger partial charge on any atom is 0.319 e. The molecule has 0 atom stereocenters. The van der Waals surface area contributed by atoms with Gasteiger partial charge in [-0.15, -0.1) is 0 Å². The zero-order valence-electron chi connectivity index (χ0n) is 16.6. The van der Waals surface area contributed by atoms with E-state index in [2.05, 4.69) is 15.0 Å². The molecule has 1 aromatic carbocycles. The van der Waals surface area contributed by atoms with Gasteiger partial charge in [-0.3, -0.25) is 9.78 Å². The predicted octanol–water partition coefficient (Wildman–Crippen LogP) is 3.38. The van der Waals surface area contributed by atoms with Crippen molar-refractivity contribution >= 4 is 10.9 Å². The molecule has 146 valence electrons. The van der Waals surface area contributed by atoms with Crippen LogP contribution in [0.15, 0.2) is 53.7 Å². The van der Waals surface area contributed by atoms with E-state index in [0.29, 0.717) is 22.4 Å². The van der Waals surface area contributed by atoms with E-state index in [1.165, 1.54) is 14.2 Å². The molecule has 4 rings (SSSR count). The van der Waals surface area contributed by atoms with Gasteiger partial charge in [0, 0.05) is 42.3 Å². The zero-order chi connectivity index (χ0) is 20.5. The molecule has 0 spiro atoms. The first kappa shape index (κ1) is 18.6. The molecule has 0 aliphatic rings. The van der Waals surface area contributed by atoms with Crippen LogP contribution in [0.5, 0.6) is 11.9 Å². The van der Waals surface area contributed by atoms with Crippen molar-refractivity contribution < 1.29 is 9.47 Å². The van der Waals surface area contributed by atoms with Gasteiger partial charge in [0.15, 0.2) is 5.43 Å². The monoisotopic (exact) mass is 388 g/mol. The van der Waals surface area contributed by atoms with Gasteiger partial charge in [0.05, 0.1) is 30.9 Å². The second-order valence-corrected chi connectivity index (χ2v) is 6.60. The SMILES string of the molecule is COc1ncc(-c2c(C)n(C)c3ccc(-c4cccnc4)cc3c2=O)c(OC)n1. The summed E-state index contributed by atoms with van der Waals surface area (Å²) in [5.41, 5.74) is 4.44. The van der Waals surface area contributed by atoms with E-state index in [4.69, 9.17) is 9.47 Å². The molecular formula is C22H20N4O3. The summed E-state index contributed by atoms with van der Waals surface area (Å²) in [6, 6.07) is 9.87. The highest BCUT2D eigenvalue weighted by Gasteiger charge is 2.20. The highest BCUT2D eigenvalue weighted by atomic mass is 16.5. The first-order chi connectivity index (χ1) is 14.0. The third-order valence-electron chi connectivity index (χ3n) is 5.07. The molecular weight excluding hydrogens is 368 g/mol. The van der Waals surface area contributed by atoms with Crippen molar-refractivity contribution in [2.75, 3.05) is 14.2 Å².